The van der Waals surface area contributed by atoms with Gasteiger partial charge in [-0.3, -0.25) is 14.6 Å². The van der Waals surface area contributed by atoms with Crippen molar-refractivity contribution in [2.75, 3.05) is 53.5 Å². The molecule has 2 heterocycles. The molecule has 6 rings (SSSR count). The summed E-state index contributed by atoms with van der Waals surface area (Å²) in [4.78, 5) is 21.5. The molecule has 3 aromatic carbocycles. The average Bonchev–Trinajstić information content (AvgIpc) is 3.60. The number of amides is 1. The molecule has 3 fully saturated rings. The second kappa shape index (κ2) is 17.7. The van der Waals surface area contributed by atoms with Crippen LogP contribution in [0, 0.1) is 5.92 Å². The quantitative estimate of drug-likeness (QED) is 0.143. The van der Waals surface area contributed by atoms with Gasteiger partial charge in [-0.15, -0.1) is 0 Å². The standard InChI is InChI=1S/C43H60N4O3/c1-49-40-22-15-23-41(50-2)39(40)33-46-30-25-38(26-31-46)47(37-20-14-21-37)28-13-5-3-4-12-27-45-29-24-36(32-45)43(42(44)48,34-16-8-6-9-17-34)35-18-10-7-11-19-35/h6-11,15-19,22-23,36-38H,3-5,12-14,20-21,24-33H2,1-2H3,(H2,44,48)/t36-/m1/s1. The highest BCUT2D eigenvalue weighted by atomic mass is 16.5. The van der Waals surface area contributed by atoms with Crippen molar-refractivity contribution in [3.05, 3.63) is 95.6 Å². The second-order valence-corrected chi connectivity index (χ2v) is 14.9. The minimum Gasteiger partial charge on any atom is -0.496 e. The van der Waals surface area contributed by atoms with E-state index in [2.05, 4.69) is 39.0 Å². The lowest BCUT2D eigenvalue weighted by Crippen LogP contribution is -2.51. The zero-order valence-electron chi connectivity index (χ0n) is 30.6. The van der Waals surface area contributed by atoms with Crippen LogP contribution in [0.1, 0.15) is 87.3 Å². The molecule has 0 aromatic heterocycles. The first-order valence-electron chi connectivity index (χ1n) is 19.4. The number of unbranched alkanes of at least 4 members (excludes halogenated alkanes) is 4. The number of benzene rings is 3. The summed E-state index contributed by atoms with van der Waals surface area (Å²) >= 11 is 0. The molecule has 1 amide bonds. The van der Waals surface area contributed by atoms with Crippen LogP contribution >= 0.6 is 0 Å². The lowest BCUT2D eigenvalue weighted by molar-refractivity contribution is -0.123. The number of hydrogen-bond donors (Lipinski definition) is 1. The number of carbonyl (C=O) groups excluding carboxylic acids is 1. The van der Waals surface area contributed by atoms with Gasteiger partial charge in [0.25, 0.3) is 0 Å². The largest absolute Gasteiger partial charge is 0.496 e. The lowest BCUT2D eigenvalue weighted by atomic mass is 9.64. The van der Waals surface area contributed by atoms with Crippen molar-refractivity contribution in [2.45, 2.75) is 94.7 Å². The van der Waals surface area contributed by atoms with Crippen molar-refractivity contribution < 1.29 is 14.3 Å². The predicted octanol–water partition coefficient (Wildman–Crippen LogP) is 7.27. The summed E-state index contributed by atoms with van der Waals surface area (Å²) in [5, 5.41) is 0. The fourth-order valence-electron chi connectivity index (χ4n) is 9.17. The van der Waals surface area contributed by atoms with E-state index in [1.807, 2.05) is 54.6 Å². The molecule has 7 heteroatoms. The van der Waals surface area contributed by atoms with E-state index in [4.69, 9.17) is 15.2 Å². The van der Waals surface area contributed by atoms with Gasteiger partial charge in [-0.05, 0) is 107 Å². The van der Waals surface area contributed by atoms with Gasteiger partial charge < -0.3 is 20.1 Å². The topological polar surface area (TPSA) is 71.3 Å². The summed E-state index contributed by atoms with van der Waals surface area (Å²) in [7, 11) is 3.50. The van der Waals surface area contributed by atoms with Crippen molar-refractivity contribution in [3.63, 3.8) is 0 Å². The summed E-state index contributed by atoms with van der Waals surface area (Å²) in [6, 6.07) is 28.0. The van der Waals surface area contributed by atoms with Crippen LogP contribution in [0.25, 0.3) is 0 Å². The smallest absolute Gasteiger partial charge is 0.232 e. The molecule has 50 heavy (non-hydrogen) atoms. The Morgan fingerprint density at radius 2 is 1.28 bits per heavy atom. The highest BCUT2D eigenvalue weighted by Gasteiger charge is 2.49. The van der Waals surface area contributed by atoms with Crippen LogP contribution in [-0.4, -0.2) is 86.2 Å². The molecule has 0 unspecified atom stereocenters. The Bertz CT molecular complexity index is 1410. The fraction of sp³-hybridized carbons (Fsp3) is 0.558. The summed E-state index contributed by atoms with van der Waals surface area (Å²) in [6.45, 7) is 7.43. The third-order valence-corrected chi connectivity index (χ3v) is 12.1. The highest BCUT2D eigenvalue weighted by Crippen LogP contribution is 2.43. The minimum atomic E-state index is -0.802. The van der Waals surface area contributed by atoms with Gasteiger partial charge in [0.05, 0.1) is 19.8 Å². The van der Waals surface area contributed by atoms with Crippen molar-refractivity contribution >= 4 is 5.91 Å². The van der Waals surface area contributed by atoms with E-state index in [9.17, 15) is 4.79 Å². The Morgan fingerprint density at radius 3 is 1.84 bits per heavy atom. The maximum Gasteiger partial charge on any atom is 0.232 e. The predicted molar refractivity (Wildman–Crippen MR) is 203 cm³/mol. The van der Waals surface area contributed by atoms with E-state index >= 15 is 0 Å². The summed E-state index contributed by atoms with van der Waals surface area (Å²) in [6.07, 6.45) is 14.0. The van der Waals surface area contributed by atoms with Gasteiger partial charge in [-0.1, -0.05) is 92.4 Å². The first kappa shape index (κ1) is 36.4. The highest BCUT2D eigenvalue weighted by molar-refractivity contribution is 5.91. The monoisotopic (exact) mass is 680 g/mol. The Hall–Kier alpha value is -3.39. The molecule has 7 nitrogen and oxygen atoms in total. The molecular weight excluding hydrogens is 620 g/mol. The summed E-state index contributed by atoms with van der Waals surface area (Å²) < 4.78 is 11.3. The lowest BCUT2D eigenvalue weighted by Gasteiger charge is -2.46. The van der Waals surface area contributed by atoms with Gasteiger partial charge in [-0.25, -0.2) is 0 Å². The number of nitrogens with two attached hydrogens (primary N) is 1. The molecule has 2 N–H and O–H groups in total. The van der Waals surface area contributed by atoms with Crippen LogP contribution in [0.5, 0.6) is 11.5 Å². The van der Waals surface area contributed by atoms with E-state index in [1.165, 1.54) is 70.8 Å². The number of primary amides is 1. The molecule has 2 saturated heterocycles. The Kier molecular flexibility index (Phi) is 12.9. The first-order chi connectivity index (χ1) is 24.5. The number of hydrogen-bond acceptors (Lipinski definition) is 6. The number of carbonyl (C=O) groups is 1. The molecule has 1 saturated carbocycles. The molecule has 1 atom stereocenters. The van der Waals surface area contributed by atoms with Gasteiger partial charge in [0.15, 0.2) is 0 Å². The molecule has 2 aliphatic heterocycles. The van der Waals surface area contributed by atoms with Gasteiger partial charge in [0.2, 0.25) is 5.91 Å². The SMILES string of the molecule is COc1cccc(OC)c1CN1CCC(N(CCCCCCCN2CC[C@@H](C(C(N)=O)(c3ccccc3)c3ccccc3)C2)C2CCC2)CC1. The number of piperidine rings is 1. The Balaban J connectivity index is 0.935. The van der Waals surface area contributed by atoms with Gasteiger partial charge in [-0.2, -0.15) is 0 Å². The molecule has 0 bridgehead atoms. The first-order valence-corrected chi connectivity index (χ1v) is 19.4. The number of methoxy groups -OCH3 is 2. The number of nitrogens with zero attached hydrogens (tertiary/aromatic N) is 3. The third-order valence-electron chi connectivity index (χ3n) is 12.1. The zero-order valence-corrected chi connectivity index (χ0v) is 30.6. The van der Waals surface area contributed by atoms with Crippen molar-refractivity contribution in [1.29, 1.82) is 0 Å². The van der Waals surface area contributed by atoms with Gasteiger partial charge >= 0.3 is 0 Å². The molecule has 3 aromatic rings. The maximum atomic E-state index is 13.4. The van der Waals surface area contributed by atoms with Crippen molar-refractivity contribution in [2.24, 2.45) is 11.7 Å². The van der Waals surface area contributed by atoms with Crippen LogP contribution in [-0.2, 0) is 16.8 Å². The van der Waals surface area contributed by atoms with Crippen LogP contribution in [0.15, 0.2) is 78.9 Å². The van der Waals surface area contributed by atoms with Gasteiger partial charge in [0.1, 0.15) is 16.9 Å². The normalized spacial score (nSPS) is 19.5. The second-order valence-electron chi connectivity index (χ2n) is 14.9. The Labute approximate surface area is 301 Å². The molecular formula is C43H60N4O3. The number of rotatable bonds is 18. The zero-order chi connectivity index (χ0) is 34.8. The van der Waals surface area contributed by atoms with Crippen molar-refractivity contribution in [3.8, 4) is 11.5 Å². The Morgan fingerprint density at radius 1 is 0.720 bits per heavy atom. The van der Waals surface area contributed by atoms with E-state index in [-0.39, 0.29) is 11.8 Å². The van der Waals surface area contributed by atoms with Gasteiger partial charge in [0, 0.05) is 25.2 Å². The average molecular weight is 681 g/mol. The molecule has 270 valence electrons. The fourth-order valence-corrected chi connectivity index (χ4v) is 9.17. The number of ether oxygens (including phenoxy) is 2. The maximum absolute atomic E-state index is 13.4. The summed E-state index contributed by atoms with van der Waals surface area (Å²) in [5.41, 5.74) is 8.70. The molecule has 3 aliphatic rings. The number of likely N-dealkylation sites (tertiary alicyclic amines) is 2. The van der Waals surface area contributed by atoms with Crippen LogP contribution in [0.2, 0.25) is 0 Å². The van der Waals surface area contributed by atoms with Crippen LogP contribution < -0.4 is 15.2 Å². The summed E-state index contributed by atoms with van der Waals surface area (Å²) in [5.74, 6) is 1.77. The van der Waals surface area contributed by atoms with Crippen molar-refractivity contribution in [1.82, 2.24) is 14.7 Å². The molecule has 0 radical (unpaired) electrons. The minimum absolute atomic E-state index is 0.165. The van der Waals surface area contributed by atoms with E-state index in [0.717, 1.165) is 79.9 Å². The van der Waals surface area contributed by atoms with Crippen LogP contribution in [0.4, 0.5) is 0 Å². The van der Waals surface area contributed by atoms with E-state index < -0.39 is 5.41 Å². The molecule has 1 aliphatic carbocycles. The third kappa shape index (κ3) is 8.22. The molecule has 0 spiro atoms. The van der Waals surface area contributed by atoms with E-state index in [1.54, 1.807) is 14.2 Å². The van der Waals surface area contributed by atoms with Crippen LogP contribution in [0.3, 0.4) is 0 Å². The van der Waals surface area contributed by atoms with E-state index in [0.29, 0.717) is 6.04 Å².